The molecule has 15 fully saturated rings. The molecule has 0 unspecified atom stereocenters. The Morgan fingerprint density at radius 2 is 0.839 bits per heavy atom. The van der Waals surface area contributed by atoms with Gasteiger partial charge in [-0.2, -0.15) is 0 Å². The van der Waals surface area contributed by atoms with E-state index in [9.17, 15) is 33.6 Å². The Labute approximate surface area is 542 Å². The molecule has 3 aliphatic carbocycles. The van der Waals surface area contributed by atoms with E-state index in [0.717, 1.165) is 57.8 Å². The van der Waals surface area contributed by atoms with E-state index in [-0.39, 0.29) is 53.9 Å². The van der Waals surface area contributed by atoms with E-state index < -0.39 is 183 Å². The number of fused-ring (bicyclic) bond motifs is 6. The molecule has 0 radical (unpaired) electrons. The van der Waals surface area contributed by atoms with Gasteiger partial charge in [0.1, 0.15) is 25.4 Å². The first-order chi connectivity index (χ1) is 44.1. The highest BCUT2D eigenvalue weighted by atomic mass is 17.3. The average Bonchev–Trinajstić information content (AvgIpc) is 1.69. The van der Waals surface area contributed by atoms with Crippen molar-refractivity contribution in [2.75, 3.05) is 26.4 Å². The van der Waals surface area contributed by atoms with E-state index in [2.05, 4.69) is 38.3 Å². The van der Waals surface area contributed by atoms with Crippen LogP contribution < -0.4 is 10.6 Å². The molecule has 12 heterocycles. The van der Waals surface area contributed by atoms with E-state index >= 15 is 0 Å². The van der Waals surface area contributed by atoms with Crippen molar-refractivity contribution in [3.63, 3.8) is 0 Å². The monoisotopic (exact) mass is 1320 g/mol. The van der Waals surface area contributed by atoms with Crippen molar-refractivity contribution in [2.24, 2.45) is 70.5 Å². The molecule has 3 spiro atoms. The minimum Gasteiger partial charge on any atom is -0.463 e. The van der Waals surface area contributed by atoms with Gasteiger partial charge in [-0.25, -0.2) is 34.1 Å². The molecule has 0 aromatic rings. The van der Waals surface area contributed by atoms with Crippen LogP contribution in [-0.4, -0.2) is 146 Å². The number of esters is 6. The fourth-order valence-corrected chi connectivity index (χ4v) is 18.1. The Morgan fingerprint density at radius 3 is 1.30 bits per heavy atom. The SMILES string of the molecule is CCCNC(=O)NC(COC(=O)CCC(=O)O[C@@H]1O[C@@H]2O[C@]3(C)CC[C@H]4[C@H](C)CC[C@@H]([C@H]1C)[C@@]24OO3)(COC(=O)CCC(=O)O[C@@H]1O[C@@H]2O[C@]3(C)CC[C@H]4[C@H](C)CC[C@@H]([C@H]1C)[C@@]24OO3)COC(=O)CCC(=O)O[C@@H]1O[C@@H]2O[C@]3(C)CC[C@H]4[C@H](C)CC[C@@](C)([C@H]1C)[C@@]24OO3. The Bertz CT molecular complexity index is 2720. The minimum atomic E-state index is -2.00. The van der Waals surface area contributed by atoms with Crippen molar-refractivity contribution < 1.29 is 120 Å². The van der Waals surface area contributed by atoms with Crippen LogP contribution in [0.3, 0.4) is 0 Å². The third kappa shape index (κ3) is 12.5. The number of carbonyl (C=O) groups is 7. The second-order valence-corrected chi connectivity index (χ2v) is 30.1. The van der Waals surface area contributed by atoms with E-state index in [4.69, 9.17) is 86.2 Å². The summed E-state index contributed by atoms with van der Waals surface area (Å²) < 4.78 is 73.7. The van der Waals surface area contributed by atoms with Crippen molar-refractivity contribution in [3.8, 4) is 0 Å². The van der Waals surface area contributed by atoms with E-state index in [0.29, 0.717) is 43.4 Å². The number of hydrogen-bond donors (Lipinski definition) is 2. The summed E-state index contributed by atoms with van der Waals surface area (Å²) >= 11 is 0. The van der Waals surface area contributed by atoms with Crippen LogP contribution >= 0.6 is 0 Å². The average molecular weight is 1320 g/mol. The van der Waals surface area contributed by atoms with Crippen LogP contribution in [0.15, 0.2) is 0 Å². The molecule has 12 saturated heterocycles. The van der Waals surface area contributed by atoms with E-state index in [1.165, 1.54) is 0 Å². The smallest absolute Gasteiger partial charge is 0.315 e. The number of hydrogen-bond acceptors (Lipinski definition) is 25. The first-order valence-electron chi connectivity index (χ1n) is 34.3. The summed E-state index contributed by atoms with van der Waals surface area (Å²) in [7, 11) is 0. The molecule has 15 rings (SSSR count). The van der Waals surface area contributed by atoms with Gasteiger partial charge >= 0.3 is 41.8 Å². The highest BCUT2D eigenvalue weighted by molar-refractivity contribution is 5.80. The Kier molecular flexibility index (Phi) is 19.3. The van der Waals surface area contributed by atoms with Gasteiger partial charge in [0.25, 0.3) is 0 Å². The lowest BCUT2D eigenvalue weighted by Crippen LogP contribution is -2.74. The van der Waals surface area contributed by atoms with Gasteiger partial charge in [0.2, 0.25) is 36.2 Å². The van der Waals surface area contributed by atoms with Gasteiger partial charge in [-0.3, -0.25) is 28.8 Å². The second-order valence-electron chi connectivity index (χ2n) is 30.1. The van der Waals surface area contributed by atoms with Crippen molar-refractivity contribution in [1.29, 1.82) is 0 Å². The number of ether oxygens (including phenoxy) is 12. The molecule has 27 nitrogen and oxygen atoms in total. The van der Waals surface area contributed by atoms with Crippen molar-refractivity contribution in [2.45, 2.75) is 276 Å². The molecule has 3 saturated carbocycles. The van der Waals surface area contributed by atoms with Gasteiger partial charge < -0.3 is 67.5 Å². The Morgan fingerprint density at radius 1 is 0.441 bits per heavy atom. The number of rotatable bonds is 21. The number of carbonyl (C=O) groups excluding carboxylic acids is 7. The summed E-state index contributed by atoms with van der Waals surface area (Å²) in [6.07, 6.45) is 1.08. The first kappa shape index (κ1) is 68.5. The van der Waals surface area contributed by atoms with Crippen LogP contribution in [0.2, 0.25) is 0 Å². The molecule has 93 heavy (non-hydrogen) atoms. The molecule has 6 bridgehead atoms. The summed E-state index contributed by atoms with van der Waals surface area (Å²) in [5.74, 6) is -8.43. The lowest BCUT2D eigenvalue weighted by atomic mass is 9.50. The number of nitrogens with one attached hydrogen (secondary N) is 2. The molecular formula is C66H98N2O25. The van der Waals surface area contributed by atoms with Crippen molar-refractivity contribution in [3.05, 3.63) is 0 Å². The molecule has 15 aliphatic rings. The van der Waals surface area contributed by atoms with Crippen LogP contribution in [0.4, 0.5) is 4.79 Å². The first-order valence-corrected chi connectivity index (χ1v) is 34.3. The zero-order valence-corrected chi connectivity index (χ0v) is 55.8. The zero-order chi connectivity index (χ0) is 66.3. The zero-order valence-electron chi connectivity index (χ0n) is 55.8. The topological polar surface area (TPSA) is 310 Å². The molecule has 0 aromatic carbocycles. The minimum absolute atomic E-state index is 0.0538. The summed E-state index contributed by atoms with van der Waals surface area (Å²) in [5.41, 5.74) is -5.33. The van der Waals surface area contributed by atoms with Gasteiger partial charge in [-0.05, 0) is 120 Å². The van der Waals surface area contributed by atoms with Crippen LogP contribution in [-0.2, 0) is 115 Å². The molecular weight excluding hydrogens is 1220 g/mol. The fraction of sp³-hybridized carbons (Fsp3) is 0.894. The molecule has 0 aromatic heterocycles. The normalized spacial score (nSPS) is 44.9. The van der Waals surface area contributed by atoms with Crippen molar-refractivity contribution in [1.82, 2.24) is 10.6 Å². The van der Waals surface area contributed by atoms with Crippen molar-refractivity contribution >= 4 is 41.8 Å². The fourth-order valence-electron chi connectivity index (χ4n) is 18.1. The standard InChI is InChI=1S/C66H98N2O25/c1-12-31-67-58(75)68-63(32-76-46(69)17-20-49(72)79-52-38(5)44-15-13-35(2)41-24-28-60(9)85-55(82-52)64(41,44)91-88-60,33-77-47(70)18-21-50(73)80-53-39(6)45-16-14-36(3)42-25-29-61(10)86-56(83-53)65(42,45)92-89-61)34-78-48(71)19-22-51(74)81-54-40(7)59(8)27-23-37(4)43-26-30-62(11)87-57(84-54)66(43,59)93-90-62/h35-45,52-57H,12-34H2,1-11H3,(H2,67,68,75)/t35-,36-,37-,38-,39-,40+,41+,42+,43+,44+,45+,52-,53-,54-,55-,56-,57-,59+,60+,61+,62+,64-,65-,66+/m1/s1. The van der Waals surface area contributed by atoms with Gasteiger partial charge in [-0.15, -0.1) is 0 Å². The van der Waals surface area contributed by atoms with Crippen LogP contribution in [0.5, 0.6) is 0 Å². The van der Waals surface area contributed by atoms with Gasteiger partial charge in [0.05, 0.1) is 38.5 Å². The predicted molar refractivity (Wildman–Crippen MR) is 314 cm³/mol. The number of amides is 2. The quantitative estimate of drug-likeness (QED) is 0.0623. The third-order valence-electron chi connectivity index (χ3n) is 23.9. The lowest BCUT2D eigenvalue weighted by Gasteiger charge is -2.65. The Balaban J connectivity index is 0.694. The van der Waals surface area contributed by atoms with Gasteiger partial charge in [-0.1, -0.05) is 55.4 Å². The van der Waals surface area contributed by atoms with Crippen LogP contribution in [0.1, 0.15) is 198 Å². The Hall–Kier alpha value is -4.39. The largest absolute Gasteiger partial charge is 0.463 e. The molecule has 522 valence electrons. The number of urea groups is 1. The molecule has 12 aliphatic heterocycles. The van der Waals surface area contributed by atoms with Crippen LogP contribution in [0.25, 0.3) is 0 Å². The maximum absolute atomic E-state index is 13.8. The second kappa shape index (κ2) is 26.1. The summed E-state index contributed by atoms with van der Waals surface area (Å²) in [6, 6.07) is -0.804. The predicted octanol–water partition coefficient (Wildman–Crippen LogP) is 8.05. The molecule has 2 N–H and O–H groups in total. The molecule has 27 heteroatoms. The van der Waals surface area contributed by atoms with Crippen LogP contribution in [0, 0.1) is 70.5 Å². The highest BCUT2D eigenvalue weighted by Gasteiger charge is 2.76. The van der Waals surface area contributed by atoms with E-state index in [1.807, 2.05) is 27.7 Å². The van der Waals surface area contributed by atoms with Gasteiger partial charge in [0.15, 0.2) is 35.7 Å². The van der Waals surface area contributed by atoms with Gasteiger partial charge in [0, 0.05) is 60.8 Å². The molecule has 24 atom stereocenters. The summed E-state index contributed by atoms with van der Waals surface area (Å²) in [6.45, 7) is 19.6. The van der Waals surface area contributed by atoms with E-state index in [1.54, 1.807) is 20.8 Å². The summed E-state index contributed by atoms with van der Waals surface area (Å²) in [5, 5.41) is 5.37. The molecule has 2 amide bonds. The maximum atomic E-state index is 13.8. The lowest BCUT2D eigenvalue weighted by molar-refractivity contribution is -0.586. The maximum Gasteiger partial charge on any atom is 0.315 e. The highest BCUT2D eigenvalue weighted by Crippen LogP contribution is 2.67. The third-order valence-corrected chi connectivity index (χ3v) is 23.9. The summed E-state index contributed by atoms with van der Waals surface area (Å²) in [4.78, 5) is 133.